The topological polar surface area (TPSA) is 50.5 Å². The molecule has 32 heavy (non-hydrogen) atoms. The van der Waals surface area contributed by atoms with Gasteiger partial charge < -0.3 is 4.90 Å². The van der Waals surface area contributed by atoms with Crippen LogP contribution in [0.15, 0.2) is 12.1 Å². The van der Waals surface area contributed by atoms with Crippen LogP contribution in [0.4, 0.5) is 0 Å². The van der Waals surface area contributed by atoms with Crippen molar-refractivity contribution in [3.8, 4) is 0 Å². The highest BCUT2D eigenvalue weighted by atomic mass is 16.2. The van der Waals surface area contributed by atoms with Crippen molar-refractivity contribution in [3.05, 3.63) is 29.2 Å². The first kappa shape index (κ1) is 21.9. The molecule has 2 aromatic heterocycles. The average molecular weight is 437 g/mol. The molecule has 0 aromatic carbocycles. The number of carbonyl (C=O) groups is 1. The van der Waals surface area contributed by atoms with Gasteiger partial charge in [-0.3, -0.25) is 4.79 Å². The predicted octanol–water partition coefficient (Wildman–Crippen LogP) is 6.31. The van der Waals surface area contributed by atoms with E-state index in [0.29, 0.717) is 11.6 Å². The number of aromatic nitrogens is 3. The lowest BCUT2D eigenvalue weighted by molar-refractivity contribution is 0.0755. The summed E-state index contributed by atoms with van der Waals surface area (Å²) in [6, 6.07) is 4.32. The van der Waals surface area contributed by atoms with E-state index in [0.717, 1.165) is 43.9 Å². The van der Waals surface area contributed by atoms with Gasteiger partial charge >= 0.3 is 0 Å². The highest BCUT2D eigenvalue weighted by Crippen LogP contribution is 2.33. The van der Waals surface area contributed by atoms with Crippen LogP contribution in [0.1, 0.15) is 124 Å². The quantitative estimate of drug-likeness (QED) is 0.528. The summed E-state index contributed by atoms with van der Waals surface area (Å²) in [6.07, 6.45) is 20.3. The number of nitrogens with zero attached hydrogens (tertiary/aromatic N) is 4. The monoisotopic (exact) mass is 436 g/mol. The second-order valence-corrected chi connectivity index (χ2v) is 10.6. The number of carbonyl (C=O) groups excluding carboxylic acids is 1. The van der Waals surface area contributed by atoms with Crippen LogP contribution in [0, 0.1) is 5.92 Å². The first-order valence-corrected chi connectivity index (χ1v) is 13.5. The van der Waals surface area contributed by atoms with E-state index in [1.54, 1.807) is 0 Å². The predicted molar refractivity (Wildman–Crippen MR) is 128 cm³/mol. The van der Waals surface area contributed by atoms with Gasteiger partial charge in [0.05, 0.1) is 0 Å². The molecule has 0 atom stereocenters. The van der Waals surface area contributed by atoms with E-state index in [-0.39, 0.29) is 5.91 Å². The van der Waals surface area contributed by atoms with Crippen LogP contribution < -0.4 is 0 Å². The zero-order chi connectivity index (χ0) is 21.8. The molecule has 3 aliphatic rings. The fourth-order valence-electron chi connectivity index (χ4n) is 6.25. The third-order valence-electron chi connectivity index (χ3n) is 8.12. The number of rotatable bonds is 4. The van der Waals surface area contributed by atoms with E-state index in [2.05, 4.69) is 6.07 Å². The van der Waals surface area contributed by atoms with Crippen LogP contribution in [-0.4, -0.2) is 38.5 Å². The molecule has 1 aliphatic heterocycles. The molecular formula is C27H40N4O. The van der Waals surface area contributed by atoms with Crippen LogP contribution in [0.3, 0.4) is 0 Å². The maximum atomic E-state index is 13.3. The molecule has 2 aliphatic carbocycles. The summed E-state index contributed by atoms with van der Waals surface area (Å²) < 4.78 is 2.03. The molecule has 3 fully saturated rings. The summed E-state index contributed by atoms with van der Waals surface area (Å²) in [5.74, 6) is 1.40. The summed E-state index contributed by atoms with van der Waals surface area (Å²) >= 11 is 0. The molecule has 0 bridgehead atoms. The minimum absolute atomic E-state index is 0.0954. The van der Waals surface area contributed by atoms with Crippen LogP contribution >= 0.6 is 0 Å². The fraction of sp³-hybridized carbons (Fsp3) is 0.741. The third-order valence-corrected chi connectivity index (χ3v) is 8.12. The number of hydrogen-bond acceptors (Lipinski definition) is 3. The molecular weight excluding hydrogens is 396 g/mol. The Morgan fingerprint density at radius 3 is 2.16 bits per heavy atom. The Kier molecular flexibility index (Phi) is 7.09. The lowest BCUT2D eigenvalue weighted by atomic mass is 9.85. The van der Waals surface area contributed by atoms with Crippen molar-refractivity contribution in [2.75, 3.05) is 13.1 Å². The maximum absolute atomic E-state index is 13.3. The van der Waals surface area contributed by atoms with Crippen LogP contribution in [0.2, 0.25) is 0 Å². The van der Waals surface area contributed by atoms with Gasteiger partial charge in [-0.1, -0.05) is 70.6 Å². The van der Waals surface area contributed by atoms with Crippen LogP contribution in [0.5, 0.6) is 0 Å². The van der Waals surface area contributed by atoms with Crippen molar-refractivity contribution in [3.63, 3.8) is 0 Å². The number of hydrogen-bond donors (Lipinski definition) is 0. The smallest absolute Gasteiger partial charge is 0.274 e. The largest absolute Gasteiger partial charge is 0.337 e. The van der Waals surface area contributed by atoms with Gasteiger partial charge in [-0.05, 0) is 44.1 Å². The van der Waals surface area contributed by atoms with Crippen molar-refractivity contribution >= 4 is 11.6 Å². The standard InChI is InChI=1S/C27H40N4O/c32-27(30-16-10-3-4-11-17-30)24-20-26-28-23(18-21-12-6-5-7-13-21)19-25(31(26)29-24)22-14-8-1-2-9-15-22/h19-22H,1-18H2. The molecule has 5 rings (SSSR count). The van der Waals surface area contributed by atoms with Gasteiger partial charge in [0.25, 0.3) is 5.91 Å². The van der Waals surface area contributed by atoms with Crippen LogP contribution in [-0.2, 0) is 6.42 Å². The molecule has 2 saturated carbocycles. The van der Waals surface area contributed by atoms with E-state index in [4.69, 9.17) is 10.1 Å². The number of fused-ring (bicyclic) bond motifs is 1. The Labute approximate surface area is 193 Å². The van der Waals surface area contributed by atoms with Crippen molar-refractivity contribution in [1.82, 2.24) is 19.5 Å². The second-order valence-electron chi connectivity index (χ2n) is 10.6. The summed E-state index contributed by atoms with van der Waals surface area (Å²) in [5, 5.41) is 4.88. The molecule has 5 nitrogen and oxygen atoms in total. The molecule has 5 heteroatoms. The lowest BCUT2D eigenvalue weighted by Crippen LogP contribution is -2.32. The van der Waals surface area contributed by atoms with Crippen molar-refractivity contribution in [2.45, 2.75) is 109 Å². The Hall–Kier alpha value is -1.91. The molecule has 1 amide bonds. The Balaban J connectivity index is 1.47. The number of amides is 1. The highest BCUT2D eigenvalue weighted by Gasteiger charge is 2.25. The zero-order valence-corrected chi connectivity index (χ0v) is 19.7. The fourth-order valence-corrected chi connectivity index (χ4v) is 6.25. The third kappa shape index (κ3) is 5.02. The normalized spacial score (nSPS) is 22.1. The molecule has 2 aromatic rings. The Bertz CT molecular complexity index is 898. The van der Waals surface area contributed by atoms with E-state index in [1.807, 2.05) is 15.5 Å². The maximum Gasteiger partial charge on any atom is 0.274 e. The first-order valence-electron chi connectivity index (χ1n) is 13.5. The summed E-state index contributed by atoms with van der Waals surface area (Å²) in [6.45, 7) is 1.73. The Morgan fingerprint density at radius 2 is 1.44 bits per heavy atom. The van der Waals surface area contributed by atoms with E-state index in [1.165, 1.54) is 94.9 Å². The van der Waals surface area contributed by atoms with Crippen molar-refractivity contribution < 1.29 is 4.79 Å². The second kappa shape index (κ2) is 10.4. The summed E-state index contributed by atoms with van der Waals surface area (Å²) in [4.78, 5) is 20.4. The Morgan fingerprint density at radius 1 is 0.812 bits per heavy atom. The van der Waals surface area contributed by atoms with Crippen molar-refractivity contribution in [2.24, 2.45) is 5.92 Å². The SMILES string of the molecule is O=C(c1cc2nc(CC3CCCCC3)cc(C3CCCCCC3)n2n1)N1CCCCCC1. The van der Waals surface area contributed by atoms with E-state index >= 15 is 0 Å². The minimum atomic E-state index is 0.0954. The lowest BCUT2D eigenvalue weighted by Gasteiger charge is -2.22. The average Bonchev–Trinajstić information content (AvgIpc) is 3.00. The molecule has 0 unspecified atom stereocenters. The summed E-state index contributed by atoms with van der Waals surface area (Å²) in [5.41, 5.74) is 4.00. The molecule has 0 radical (unpaired) electrons. The van der Waals surface area contributed by atoms with Gasteiger partial charge in [0.1, 0.15) is 0 Å². The van der Waals surface area contributed by atoms with E-state index < -0.39 is 0 Å². The summed E-state index contributed by atoms with van der Waals surface area (Å²) in [7, 11) is 0. The van der Waals surface area contributed by atoms with E-state index in [9.17, 15) is 4.79 Å². The van der Waals surface area contributed by atoms with Crippen LogP contribution in [0.25, 0.3) is 5.65 Å². The van der Waals surface area contributed by atoms with Gasteiger partial charge in [0.2, 0.25) is 0 Å². The molecule has 1 saturated heterocycles. The highest BCUT2D eigenvalue weighted by molar-refractivity contribution is 5.93. The van der Waals surface area contributed by atoms with Gasteiger partial charge in [-0.15, -0.1) is 0 Å². The molecule has 0 N–H and O–H groups in total. The minimum Gasteiger partial charge on any atom is -0.337 e. The van der Waals surface area contributed by atoms with Gasteiger partial charge in [-0.2, -0.15) is 5.10 Å². The molecule has 0 spiro atoms. The van der Waals surface area contributed by atoms with Crippen molar-refractivity contribution in [1.29, 1.82) is 0 Å². The molecule has 174 valence electrons. The van der Waals surface area contributed by atoms with Gasteiger partial charge in [0.15, 0.2) is 11.3 Å². The first-order chi connectivity index (χ1) is 15.8. The van der Waals surface area contributed by atoms with Gasteiger partial charge in [-0.25, -0.2) is 9.50 Å². The van der Waals surface area contributed by atoms with Gasteiger partial charge in [0, 0.05) is 36.5 Å². The number of likely N-dealkylation sites (tertiary alicyclic amines) is 1. The molecule has 3 heterocycles. The zero-order valence-electron chi connectivity index (χ0n) is 19.7.